The fraction of sp³-hybridized carbons (Fsp3) is 0.154. The van der Waals surface area contributed by atoms with Crippen molar-refractivity contribution in [3.8, 4) is 17.0 Å². The van der Waals surface area contributed by atoms with Crippen LogP contribution in [0.2, 0.25) is 0 Å². The molecule has 2 heterocycles. The fourth-order valence-corrected chi connectivity index (χ4v) is 3.24. The maximum absolute atomic E-state index is 12.9. The van der Waals surface area contributed by atoms with Crippen LogP contribution in [0.5, 0.6) is 5.75 Å². The molecule has 0 unspecified atom stereocenters. The molecular formula is C26H24N4O2. The zero-order valence-electron chi connectivity index (χ0n) is 17.9. The second-order valence-electron chi connectivity index (χ2n) is 7.28. The van der Waals surface area contributed by atoms with Gasteiger partial charge in [-0.15, -0.1) is 0 Å². The number of nitrogens with zero attached hydrogens (tertiary/aromatic N) is 3. The summed E-state index contributed by atoms with van der Waals surface area (Å²) in [7, 11) is 0. The van der Waals surface area contributed by atoms with Crippen molar-refractivity contribution in [1.29, 1.82) is 0 Å². The summed E-state index contributed by atoms with van der Waals surface area (Å²) in [6.07, 6.45) is 7.05. The highest BCUT2D eigenvalue weighted by atomic mass is 16.5. The summed E-state index contributed by atoms with van der Waals surface area (Å²) in [6, 6.07) is 20.8. The van der Waals surface area contributed by atoms with E-state index in [1.807, 2.05) is 60.7 Å². The van der Waals surface area contributed by atoms with Gasteiger partial charge in [0.2, 0.25) is 0 Å². The summed E-state index contributed by atoms with van der Waals surface area (Å²) in [6.45, 7) is 2.84. The number of hydrogen-bond acceptors (Lipinski definition) is 5. The molecule has 32 heavy (non-hydrogen) atoms. The Bertz CT molecular complexity index is 1220. The standard InChI is InChI=1S/C26H24N4O2/c1-2-3-16-32-21-10-8-20(9-11-21)25-17-23(22-6-4-5-7-24(22)29-25)26(31)30-28-18-19-12-14-27-15-13-19/h4-15,17-18H,2-3,16H2,1H3,(H,30,31)/b28-18-. The molecule has 4 aromatic rings. The number of ether oxygens (including phenoxy) is 1. The van der Waals surface area contributed by atoms with Crippen molar-refractivity contribution in [3.05, 3.63) is 90.3 Å². The van der Waals surface area contributed by atoms with Gasteiger partial charge in [-0.25, -0.2) is 10.4 Å². The van der Waals surface area contributed by atoms with Gasteiger partial charge in [-0.05, 0) is 60.5 Å². The lowest BCUT2D eigenvalue weighted by Gasteiger charge is -2.10. The number of rotatable bonds is 8. The molecule has 0 aliphatic carbocycles. The highest BCUT2D eigenvalue weighted by Crippen LogP contribution is 2.26. The van der Waals surface area contributed by atoms with E-state index in [4.69, 9.17) is 9.72 Å². The Hall–Kier alpha value is -4.06. The molecule has 6 heteroatoms. The molecule has 4 rings (SSSR count). The van der Waals surface area contributed by atoms with Crippen molar-refractivity contribution >= 4 is 23.0 Å². The van der Waals surface area contributed by atoms with Gasteiger partial charge in [0, 0.05) is 23.3 Å². The van der Waals surface area contributed by atoms with E-state index in [1.165, 1.54) is 0 Å². The topological polar surface area (TPSA) is 76.5 Å². The molecule has 0 fully saturated rings. The summed E-state index contributed by atoms with van der Waals surface area (Å²) in [5.74, 6) is 0.529. The largest absolute Gasteiger partial charge is 0.494 e. The number of aromatic nitrogens is 2. The number of fused-ring (bicyclic) bond motifs is 1. The number of hydrogen-bond donors (Lipinski definition) is 1. The Balaban J connectivity index is 1.60. The van der Waals surface area contributed by atoms with E-state index in [0.717, 1.165) is 40.6 Å². The number of para-hydroxylation sites is 1. The monoisotopic (exact) mass is 424 g/mol. The number of carbonyl (C=O) groups excluding carboxylic acids is 1. The highest BCUT2D eigenvalue weighted by Gasteiger charge is 2.13. The average molecular weight is 425 g/mol. The first kappa shape index (κ1) is 21.2. The van der Waals surface area contributed by atoms with E-state index in [0.29, 0.717) is 17.9 Å². The van der Waals surface area contributed by atoms with Gasteiger partial charge in [0.15, 0.2) is 0 Å². The van der Waals surface area contributed by atoms with Gasteiger partial charge in [0.1, 0.15) is 5.75 Å². The smallest absolute Gasteiger partial charge is 0.272 e. The lowest BCUT2D eigenvalue weighted by molar-refractivity contribution is 0.0956. The average Bonchev–Trinajstić information content (AvgIpc) is 2.84. The zero-order chi connectivity index (χ0) is 22.2. The Labute approximate surface area is 187 Å². The lowest BCUT2D eigenvalue weighted by Crippen LogP contribution is -2.18. The molecular weight excluding hydrogens is 400 g/mol. The number of unbranched alkanes of at least 4 members (excludes halogenated alkanes) is 1. The molecule has 0 spiro atoms. The molecule has 0 saturated heterocycles. The summed E-state index contributed by atoms with van der Waals surface area (Å²) < 4.78 is 5.75. The summed E-state index contributed by atoms with van der Waals surface area (Å²) in [5, 5.41) is 4.86. The zero-order valence-corrected chi connectivity index (χ0v) is 17.9. The van der Waals surface area contributed by atoms with Crippen molar-refractivity contribution < 1.29 is 9.53 Å². The normalized spacial score (nSPS) is 11.0. The molecule has 160 valence electrons. The first-order valence-electron chi connectivity index (χ1n) is 10.6. The molecule has 0 radical (unpaired) electrons. The minimum Gasteiger partial charge on any atom is -0.494 e. The maximum Gasteiger partial charge on any atom is 0.272 e. The van der Waals surface area contributed by atoms with Gasteiger partial charge in [-0.2, -0.15) is 5.10 Å². The van der Waals surface area contributed by atoms with Crippen LogP contribution in [0.25, 0.3) is 22.2 Å². The molecule has 2 aromatic heterocycles. The van der Waals surface area contributed by atoms with Crippen molar-refractivity contribution in [2.45, 2.75) is 19.8 Å². The van der Waals surface area contributed by atoms with Gasteiger partial charge < -0.3 is 4.74 Å². The van der Waals surface area contributed by atoms with Gasteiger partial charge >= 0.3 is 0 Å². The third-order valence-corrected chi connectivity index (χ3v) is 4.96. The molecule has 2 aromatic carbocycles. The number of carbonyl (C=O) groups is 1. The summed E-state index contributed by atoms with van der Waals surface area (Å²) in [4.78, 5) is 21.7. The first-order chi connectivity index (χ1) is 15.7. The van der Waals surface area contributed by atoms with Crippen LogP contribution in [0.1, 0.15) is 35.7 Å². The first-order valence-corrected chi connectivity index (χ1v) is 10.6. The van der Waals surface area contributed by atoms with E-state index in [9.17, 15) is 4.79 Å². The van der Waals surface area contributed by atoms with Crippen LogP contribution in [0.4, 0.5) is 0 Å². The van der Waals surface area contributed by atoms with Crippen LogP contribution in [0, 0.1) is 0 Å². The predicted molar refractivity (Wildman–Crippen MR) is 127 cm³/mol. The van der Waals surface area contributed by atoms with Gasteiger partial charge in [-0.1, -0.05) is 31.5 Å². The Morgan fingerprint density at radius 3 is 2.62 bits per heavy atom. The van der Waals surface area contributed by atoms with Crippen molar-refractivity contribution in [2.75, 3.05) is 6.61 Å². The van der Waals surface area contributed by atoms with E-state index in [1.54, 1.807) is 24.7 Å². The molecule has 0 atom stereocenters. The molecule has 0 saturated carbocycles. The molecule has 1 amide bonds. The van der Waals surface area contributed by atoms with E-state index < -0.39 is 0 Å². The SMILES string of the molecule is CCCCOc1ccc(-c2cc(C(=O)N/N=C\c3ccncc3)c3ccccc3n2)cc1. The van der Waals surface area contributed by atoms with Crippen LogP contribution >= 0.6 is 0 Å². The number of benzene rings is 2. The van der Waals surface area contributed by atoms with Crippen LogP contribution in [0.3, 0.4) is 0 Å². The minimum absolute atomic E-state index is 0.297. The summed E-state index contributed by atoms with van der Waals surface area (Å²) in [5.41, 5.74) is 6.35. The van der Waals surface area contributed by atoms with Crippen molar-refractivity contribution in [2.24, 2.45) is 5.10 Å². The van der Waals surface area contributed by atoms with Crippen LogP contribution in [-0.2, 0) is 0 Å². The Kier molecular flexibility index (Phi) is 6.82. The molecule has 0 aliphatic rings. The molecule has 1 N–H and O–H groups in total. The van der Waals surface area contributed by atoms with Crippen LogP contribution in [0.15, 0.2) is 84.2 Å². The predicted octanol–water partition coefficient (Wildman–Crippen LogP) is 5.24. The van der Waals surface area contributed by atoms with Gasteiger partial charge in [0.05, 0.1) is 29.6 Å². The van der Waals surface area contributed by atoms with E-state index in [-0.39, 0.29) is 5.91 Å². The van der Waals surface area contributed by atoms with Gasteiger partial charge in [-0.3, -0.25) is 9.78 Å². The lowest BCUT2D eigenvalue weighted by atomic mass is 10.0. The second kappa shape index (κ2) is 10.3. The Morgan fingerprint density at radius 2 is 1.84 bits per heavy atom. The minimum atomic E-state index is -0.297. The van der Waals surface area contributed by atoms with Crippen molar-refractivity contribution in [1.82, 2.24) is 15.4 Å². The number of pyridine rings is 2. The van der Waals surface area contributed by atoms with E-state index in [2.05, 4.69) is 22.4 Å². The highest BCUT2D eigenvalue weighted by molar-refractivity contribution is 6.07. The third-order valence-electron chi connectivity index (χ3n) is 4.96. The fourth-order valence-electron chi connectivity index (χ4n) is 3.24. The second-order valence-corrected chi connectivity index (χ2v) is 7.28. The van der Waals surface area contributed by atoms with E-state index >= 15 is 0 Å². The van der Waals surface area contributed by atoms with Crippen LogP contribution in [-0.4, -0.2) is 28.7 Å². The number of amides is 1. The van der Waals surface area contributed by atoms with Crippen molar-refractivity contribution in [3.63, 3.8) is 0 Å². The molecule has 6 nitrogen and oxygen atoms in total. The number of hydrazone groups is 1. The third kappa shape index (κ3) is 5.16. The van der Waals surface area contributed by atoms with Crippen LogP contribution < -0.4 is 10.2 Å². The quantitative estimate of drug-likeness (QED) is 0.238. The molecule has 0 aliphatic heterocycles. The summed E-state index contributed by atoms with van der Waals surface area (Å²) >= 11 is 0. The maximum atomic E-state index is 12.9. The molecule has 0 bridgehead atoms. The number of nitrogens with one attached hydrogen (secondary N) is 1. The van der Waals surface area contributed by atoms with Gasteiger partial charge in [0.25, 0.3) is 5.91 Å². The Morgan fingerprint density at radius 1 is 1.06 bits per heavy atom.